The molecular weight excluding hydrogens is 186 g/mol. The van der Waals surface area contributed by atoms with Crippen LogP contribution in [0.3, 0.4) is 0 Å². The predicted octanol–water partition coefficient (Wildman–Crippen LogP) is -1.40. The van der Waals surface area contributed by atoms with Crippen LogP contribution in [0.4, 0.5) is 0 Å². The molecule has 0 spiro atoms. The van der Waals surface area contributed by atoms with E-state index in [9.17, 15) is 10.2 Å². The maximum Gasteiger partial charge on any atom is 0.110 e. The predicted molar refractivity (Wildman–Crippen MR) is 50.6 cm³/mol. The van der Waals surface area contributed by atoms with E-state index in [-0.39, 0.29) is 12.7 Å². The van der Waals surface area contributed by atoms with Crippen LogP contribution < -0.4 is 5.73 Å². The molecule has 1 aliphatic rings. The Morgan fingerprint density at radius 1 is 1.21 bits per heavy atom. The molecule has 1 aliphatic heterocycles. The zero-order chi connectivity index (χ0) is 10.7. The van der Waals surface area contributed by atoms with Gasteiger partial charge in [0.15, 0.2) is 0 Å². The topological polar surface area (TPSA) is 95.9 Å². The molecule has 0 aromatic rings. The number of nitrogens with two attached hydrogens (primary N) is 1. The van der Waals surface area contributed by atoms with Crippen LogP contribution in [0.25, 0.3) is 0 Å². The summed E-state index contributed by atoms with van der Waals surface area (Å²) in [7, 11) is 0. The van der Waals surface area contributed by atoms with Crippen molar-refractivity contribution >= 4 is 0 Å². The highest BCUT2D eigenvalue weighted by Gasteiger charge is 2.41. The molecule has 3 unspecified atom stereocenters. The molecule has 84 valence electrons. The van der Waals surface area contributed by atoms with Crippen molar-refractivity contribution in [1.82, 2.24) is 0 Å². The standard InChI is InChI=1S/C9H19NO4/c1-2-3-5-7(10)9(13)8(12)6(4-11)14-5/h5-9,11-13H,2-4,10H2,1H3/t5-,6?,7?,8+,9?/m0/s1. The molecule has 0 aliphatic carbocycles. The van der Waals surface area contributed by atoms with E-state index in [1.807, 2.05) is 6.92 Å². The lowest BCUT2D eigenvalue weighted by atomic mass is 9.91. The highest BCUT2D eigenvalue weighted by atomic mass is 16.5. The summed E-state index contributed by atoms with van der Waals surface area (Å²) < 4.78 is 5.39. The molecule has 0 bridgehead atoms. The van der Waals surface area contributed by atoms with Gasteiger partial charge in [-0.05, 0) is 6.42 Å². The van der Waals surface area contributed by atoms with Crippen LogP contribution >= 0.6 is 0 Å². The van der Waals surface area contributed by atoms with Crippen molar-refractivity contribution in [2.75, 3.05) is 6.61 Å². The molecule has 5 nitrogen and oxygen atoms in total. The zero-order valence-corrected chi connectivity index (χ0v) is 8.34. The van der Waals surface area contributed by atoms with E-state index < -0.39 is 24.4 Å². The first-order valence-corrected chi connectivity index (χ1v) is 4.99. The smallest absolute Gasteiger partial charge is 0.110 e. The van der Waals surface area contributed by atoms with Gasteiger partial charge in [0, 0.05) is 0 Å². The summed E-state index contributed by atoms with van der Waals surface area (Å²) in [6, 6.07) is -0.576. The third-order valence-electron chi connectivity index (χ3n) is 2.66. The number of hydrogen-bond donors (Lipinski definition) is 4. The molecule has 5 atom stereocenters. The third kappa shape index (κ3) is 2.24. The average molecular weight is 205 g/mol. The van der Waals surface area contributed by atoms with Gasteiger partial charge >= 0.3 is 0 Å². The van der Waals surface area contributed by atoms with Crippen LogP contribution in [-0.2, 0) is 4.74 Å². The van der Waals surface area contributed by atoms with Crippen molar-refractivity contribution in [3.63, 3.8) is 0 Å². The molecule has 1 rings (SSSR count). The molecule has 0 amide bonds. The monoisotopic (exact) mass is 205 g/mol. The Labute approximate surface area is 83.5 Å². The summed E-state index contributed by atoms with van der Waals surface area (Å²) >= 11 is 0. The molecule has 1 fully saturated rings. The molecule has 1 saturated heterocycles. The fraction of sp³-hybridized carbons (Fsp3) is 1.00. The van der Waals surface area contributed by atoms with Gasteiger partial charge in [0.2, 0.25) is 0 Å². The quantitative estimate of drug-likeness (QED) is 0.454. The second-order valence-electron chi connectivity index (χ2n) is 3.74. The fourth-order valence-corrected chi connectivity index (χ4v) is 1.76. The van der Waals surface area contributed by atoms with E-state index in [1.54, 1.807) is 0 Å². The van der Waals surface area contributed by atoms with Gasteiger partial charge in [-0.3, -0.25) is 0 Å². The van der Waals surface area contributed by atoms with Crippen LogP contribution in [0.5, 0.6) is 0 Å². The fourth-order valence-electron chi connectivity index (χ4n) is 1.76. The molecule has 0 aromatic heterocycles. The van der Waals surface area contributed by atoms with Crippen molar-refractivity contribution in [3.8, 4) is 0 Å². The minimum Gasteiger partial charge on any atom is -0.394 e. The van der Waals surface area contributed by atoms with E-state index in [4.69, 9.17) is 15.6 Å². The lowest BCUT2D eigenvalue weighted by Crippen LogP contribution is -2.61. The Bertz CT molecular complexity index is 174. The van der Waals surface area contributed by atoms with Crippen LogP contribution in [0, 0.1) is 0 Å². The largest absolute Gasteiger partial charge is 0.394 e. The lowest BCUT2D eigenvalue weighted by molar-refractivity contribution is -0.190. The average Bonchev–Trinajstić information content (AvgIpc) is 2.19. The molecule has 1 heterocycles. The number of ether oxygens (including phenoxy) is 1. The lowest BCUT2D eigenvalue weighted by Gasteiger charge is -2.40. The maximum atomic E-state index is 9.58. The first-order valence-electron chi connectivity index (χ1n) is 4.99. The molecule has 5 N–H and O–H groups in total. The van der Waals surface area contributed by atoms with E-state index >= 15 is 0 Å². The Hall–Kier alpha value is -0.200. The Morgan fingerprint density at radius 2 is 1.86 bits per heavy atom. The van der Waals surface area contributed by atoms with Gasteiger partial charge in [0.05, 0.1) is 18.8 Å². The van der Waals surface area contributed by atoms with Gasteiger partial charge in [-0.25, -0.2) is 0 Å². The van der Waals surface area contributed by atoms with Crippen LogP contribution in [0.2, 0.25) is 0 Å². The first-order chi connectivity index (χ1) is 6.61. The van der Waals surface area contributed by atoms with Crippen LogP contribution in [0.1, 0.15) is 19.8 Å². The molecular formula is C9H19NO4. The first kappa shape index (κ1) is 11.9. The molecule has 0 saturated carbocycles. The van der Waals surface area contributed by atoms with Gasteiger partial charge in [-0.2, -0.15) is 0 Å². The van der Waals surface area contributed by atoms with E-state index in [2.05, 4.69) is 0 Å². The second-order valence-corrected chi connectivity index (χ2v) is 3.74. The molecule has 0 aromatic carbocycles. The number of aliphatic hydroxyl groups excluding tert-OH is 3. The van der Waals surface area contributed by atoms with E-state index in [0.29, 0.717) is 0 Å². The van der Waals surface area contributed by atoms with Crippen molar-refractivity contribution in [3.05, 3.63) is 0 Å². The van der Waals surface area contributed by atoms with Gasteiger partial charge in [-0.15, -0.1) is 0 Å². The molecule has 5 heteroatoms. The van der Waals surface area contributed by atoms with Crippen LogP contribution in [-0.4, -0.2) is 52.4 Å². The number of aliphatic hydroxyl groups is 3. The summed E-state index contributed by atoms with van der Waals surface area (Å²) in [4.78, 5) is 0. The summed E-state index contributed by atoms with van der Waals surface area (Å²) in [6.45, 7) is 1.69. The molecule has 0 radical (unpaired) electrons. The normalized spacial score (nSPS) is 43.9. The minimum atomic E-state index is -1.09. The number of hydrogen-bond acceptors (Lipinski definition) is 5. The SMILES string of the molecule is CCC[C@@H]1OC(CO)[C@@H](O)C(O)C1N. The van der Waals surface area contributed by atoms with Gasteiger partial charge in [0.25, 0.3) is 0 Å². The van der Waals surface area contributed by atoms with Crippen LogP contribution in [0.15, 0.2) is 0 Å². The zero-order valence-electron chi connectivity index (χ0n) is 8.34. The van der Waals surface area contributed by atoms with E-state index in [0.717, 1.165) is 12.8 Å². The summed E-state index contributed by atoms with van der Waals surface area (Å²) in [5.74, 6) is 0. The number of rotatable bonds is 3. The minimum absolute atomic E-state index is 0.282. The van der Waals surface area contributed by atoms with E-state index in [1.165, 1.54) is 0 Å². The third-order valence-corrected chi connectivity index (χ3v) is 2.66. The maximum absolute atomic E-state index is 9.58. The van der Waals surface area contributed by atoms with Crippen molar-refractivity contribution in [2.45, 2.75) is 50.2 Å². The van der Waals surface area contributed by atoms with Gasteiger partial charge < -0.3 is 25.8 Å². The summed E-state index contributed by atoms with van der Waals surface area (Å²) in [5.41, 5.74) is 5.70. The Morgan fingerprint density at radius 3 is 2.36 bits per heavy atom. The Balaban J connectivity index is 2.63. The highest BCUT2D eigenvalue weighted by molar-refractivity contribution is 4.94. The summed E-state index contributed by atoms with van der Waals surface area (Å²) in [6.07, 6.45) is -1.50. The van der Waals surface area contributed by atoms with Crippen molar-refractivity contribution in [2.24, 2.45) is 5.73 Å². The Kier molecular flexibility index (Phi) is 4.28. The molecule has 14 heavy (non-hydrogen) atoms. The summed E-state index contributed by atoms with van der Waals surface area (Å²) in [5, 5.41) is 28.0. The van der Waals surface area contributed by atoms with Crippen molar-refractivity contribution in [1.29, 1.82) is 0 Å². The van der Waals surface area contributed by atoms with Crippen molar-refractivity contribution < 1.29 is 20.1 Å². The highest BCUT2D eigenvalue weighted by Crippen LogP contribution is 2.22. The van der Waals surface area contributed by atoms with Gasteiger partial charge in [0.1, 0.15) is 18.3 Å². The van der Waals surface area contributed by atoms with Gasteiger partial charge in [-0.1, -0.05) is 13.3 Å². The second kappa shape index (κ2) is 5.04.